The van der Waals surface area contributed by atoms with Crippen LogP contribution in [0.4, 0.5) is 0 Å². The molecule has 0 atom stereocenters. The summed E-state index contributed by atoms with van der Waals surface area (Å²) in [6.45, 7) is 5.64. The van der Waals surface area contributed by atoms with E-state index in [1.807, 2.05) is 26.8 Å². The normalized spacial score (nSPS) is 19.9. The first-order valence-corrected chi connectivity index (χ1v) is 10.4. The van der Waals surface area contributed by atoms with Gasteiger partial charge in [-0.3, -0.25) is 9.78 Å². The quantitative estimate of drug-likeness (QED) is 0.669. The van der Waals surface area contributed by atoms with Crippen molar-refractivity contribution in [3.63, 3.8) is 0 Å². The number of aliphatic hydroxyl groups is 1. The number of hydrogen-bond donors (Lipinski definition) is 2. The SMILES string of the molecule is Cc1nn(-c2ncc(C(N)=O)c(C3CCC(CC(C)(C)O)CC3)n2)c2cnccc12. The first-order chi connectivity index (χ1) is 14.2. The molecule has 1 amide bonds. The number of hydrogen-bond acceptors (Lipinski definition) is 6. The molecule has 0 unspecified atom stereocenters. The summed E-state index contributed by atoms with van der Waals surface area (Å²) >= 11 is 0. The predicted molar refractivity (Wildman–Crippen MR) is 113 cm³/mol. The molecule has 0 saturated heterocycles. The second kappa shape index (κ2) is 7.75. The number of nitrogens with two attached hydrogens (primary N) is 1. The van der Waals surface area contributed by atoms with E-state index in [9.17, 15) is 9.90 Å². The summed E-state index contributed by atoms with van der Waals surface area (Å²) in [6.07, 6.45) is 9.54. The van der Waals surface area contributed by atoms with Crippen LogP contribution in [0.1, 0.15) is 73.6 Å². The molecule has 8 nitrogen and oxygen atoms in total. The number of rotatable bonds is 5. The molecule has 8 heteroatoms. The Balaban J connectivity index is 1.67. The van der Waals surface area contributed by atoms with E-state index in [0.717, 1.165) is 48.7 Å². The van der Waals surface area contributed by atoms with Crippen LogP contribution >= 0.6 is 0 Å². The second-order valence-electron chi connectivity index (χ2n) is 8.96. The average Bonchev–Trinajstić information content (AvgIpc) is 3.04. The molecule has 158 valence electrons. The van der Waals surface area contributed by atoms with Crippen LogP contribution in [0.3, 0.4) is 0 Å². The van der Waals surface area contributed by atoms with Crippen molar-refractivity contribution >= 4 is 16.8 Å². The lowest BCUT2D eigenvalue weighted by Gasteiger charge is -2.32. The van der Waals surface area contributed by atoms with Gasteiger partial charge < -0.3 is 10.8 Å². The summed E-state index contributed by atoms with van der Waals surface area (Å²) in [6, 6.07) is 1.91. The van der Waals surface area contributed by atoms with Crippen molar-refractivity contribution in [1.29, 1.82) is 0 Å². The second-order valence-corrected chi connectivity index (χ2v) is 8.96. The van der Waals surface area contributed by atoms with E-state index in [1.54, 1.807) is 17.1 Å². The van der Waals surface area contributed by atoms with Gasteiger partial charge >= 0.3 is 0 Å². The third kappa shape index (κ3) is 4.05. The van der Waals surface area contributed by atoms with Crippen LogP contribution in [-0.2, 0) is 0 Å². The van der Waals surface area contributed by atoms with Crippen LogP contribution in [-0.4, -0.2) is 41.3 Å². The van der Waals surface area contributed by atoms with Gasteiger partial charge in [0.1, 0.15) is 0 Å². The van der Waals surface area contributed by atoms with Crippen molar-refractivity contribution in [3.05, 3.63) is 41.6 Å². The summed E-state index contributed by atoms with van der Waals surface area (Å²) in [7, 11) is 0. The number of nitrogens with zero attached hydrogens (tertiary/aromatic N) is 5. The van der Waals surface area contributed by atoms with E-state index >= 15 is 0 Å². The number of aromatic nitrogens is 5. The van der Waals surface area contributed by atoms with Crippen molar-refractivity contribution in [1.82, 2.24) is 24.7 Å². The summed E-state index contributed by atoms with van der Waals surface area (Å²) in [5.74, 6) is 0.509. The molecule has 3 heterocycles. The molecule has 0 aromatic carbocycles. The molecule has 0 spiro atoms. The number of amides is 1. The Morgan fingerprint density at radius 1 is 1.27 bits per heavy atom. The minimum absolute atomic E-state index is 0.133. The van der Waals surface area contributed by atoms with Gasteiger partial charge in [-0.05, 0) is 64.9 Å². The first-order valence-electron chi connectivity index (χ1n) is 10.4. The minimum Gasteiger partial charge on any atom is -0.390 e. The Morgan fingerprint density at radius 3 is 2.67 bits per heavy atom. The van der Waals surface area contributed by atoms with Gasteiger partial charge in [0.05, 0.1) is 34.3 Å². The van der Waals surface area contributed by atoms with Crippen LogP contribution in [0.25, 0.3) is 16.9 Å². The van der Waals surface area contributed by atoms with Gasteiger partial charge in [0.25, 0.3) is 11.9 Å². The fourth-order valence-electron chi connectivity index (χ4n) is 4.61. The monoisotopic (exact) mass is 408 g/mol. The summed E-state index contributed by atoms with van der Waals surface area (Å²) in [4.78, 5) is 25.4. The third-order valence-corrected chi connectivity index (χ3v) is 5.95. The molecular formula is C22H28N6O2. The van der Waals surface area contributed by atoms with Crippen LogP contribution in [0.5, 0.6) is 0 Å². The van der Waals surface area contributed by atoms with E-state index in [0.29, 0.717) is 23.1 Å². The molecule has 1 fully saturated rings. The zero-order valence-corrected chi connectivity index (χ0v) is 17.7. The van der Waals surface area contributed by atoms with Crippen LogP contribution < -0.4 is 5.73 Å². The maximum absolute atomic E-state index is 12.1. The van der Waals surface area contributed by atoms with Crippen molar-refractivity contribution in [3.8, 4) is 5.95 Å². The zero-order valence-electron chi connectivity index (χ0n) is 17.7. The molecule has 4 rings (SSSR count). The van der Waals surface area contributed by atoms with Gasteiger partial charge in [-0.15, -0.1) is 0 Å². The Hall–Kier alpha value is -2.87. The van der Waals surface area contributed by atoms with Crippen molar-refractivity contribution in [2.75, 3.05) is 0 Å². The van der Waals surface area contributed by atoms with Crippen molar-refractivity contribution < 1.29 is 9.90 Å². The molecule has 1 aliphatic rings. The predicted octanol–water partition coefficient (Wildman–Crippen LogP) is 3.05. The summed E-state index contributed by atoms with van der Waals surface area (Å²) in [5, 5.41) is 15.7. The van der Waals surface area contributed by atoms with Crippen LogP contribution in [0.2, 0.25) is 0 Å². The molecule has 1 aliphatic carbocycles. The standard InChI is InChI=1S/C22H28N6O2/c1-13-16-8-9-24-12-18(16)28(27-13)21-25-11-17(20(23)29)19(26-21)15-6-4-14(5-7-15)10-22(2,3)30/h8-9,11-12,14-15,30H,4-7,10H2,1-3H3,(H2,23,29). The lowest BCUT2D eigenvalue weighted by molar-refractivity contribution is 0.0445. The number of aryl methyl sites for hydroxylation is 1. The molecule has 3 aromatic heterocycles. The fourth-order valence-corrected chi connectivity index (χ4v) is 4.61. The van der Waals surface area contributed by atoms with Gasteiger partial charge in [-0.25, -0.2) is 9.97 Å². The van der Waals surface area contributed by atoms with Crippen molar-refractivity contribution in [2.45, 2.75) is 64.4 Å². The van der Waals surface area contributed by atoms with Gasteiger partial charge in [0.15, 0.2) is 0 Å². The Kier molecular flexibility index (Phi) is 5.27. The summed E-state index contributed by atoms with van der Waals surface area (Å²) < 4.78 is 1.67. The first kappa shape index (κ1) is 20.4. The lowest BCUT2D eigenvalue weighted by Crippen LogP contribution is -2.27. The molecular weight excluding hydrogens is 380 g/mol. The number of carbonyl (C=O) groups excluding carboxylic acids is 1. The zero-order chi connectivity index (χ0) is 21.5. The molecule has 3 aromatic rings. The van der Waals surface area contributed by atoms with Gasteiger partial charge in [0.2, 0.25) is 0 Å². The lowest BCUT2D eigenvalue weighted by atomic mass is 9.76. The highest BCUT2D eigenvalue weighted by Crippen LogP contribution is 2.39. The largest absolute Gasteiger partial charge is 0.390 e. The van der Waals surface area contributed by atoms with Gasteiger partial charge in [-0.2, -0.15) is 9.78 Å². The molecule has 3 N–H and O–H groups in total. The number of primary amides is 1. The molecule has 1 saturated carbocycles. The average molecular weight is 409 g/mol. The number of pyridine rings is 1. The Labute approximate surface area is 175 Å². The maximum Gasteiger partial charge on any atom is 0.252 e. The van der Waals surface area contributed by atoms with E-state index in [4.69, 9.17) is 10.7 Å². The highest BCUT2D eigenvalue weighted by Gasteiger charge is 2.30. The van der Waals surface area contributed by atoms with E-state index in [1.165, 1.54) is 6.20 Å². The molecule has 30 heavy (non-hydrogen) atoms. The van der Waals surface area contributed by atoms with E-state index < -0.39 is 11.5 Å². The molecule has 0 bridgehead atoms. The number of carbonyl (C=O) groups is 1. The highest BCUT2D eigenvalue weighted by molar-refractivity contribution is 5.93. The van der Waals surface area contributed by atoms with E-state index in [2.05, 4.69) is 15.1 Å². The minimum atomic E-state index is -0.662. The van der Waals surface area contributed by atoms with Gasteiger partial charge in [0, 0.05) is 23.7 Å². The van der Waals surface area contributed by atoms with E-state index in [-0.39, 0.29) is 5.92 Å². The van der Waals surface area contributed by atoms with Gasteiger partial charge in [-0.1, -0.05) is 0 Å². The molecule has 0 radical (unpaired) electrons. The third-order valence-electron chi connectivity index (χ3n) is 5.95. The van der Waals surface area contributed by atoms with Crippen LogP contribution in [0, 0.1) is 12.8 Å². The topological polar surface area (TPSA) is 120 Å². The number of fused-ring (bicyclic) bond motifs is 1. The Morgan fingerprint density at radius 2 is 2.00 bits per heavy atom. The molecule has 0 aliphatic heterocycles. The highest BCUT2D eigenvalue weighted by atomic mass is 16.3. The van der Waals surface area contributed by atoms with Crippen LogP contribution in [0.15, 0.2) is 24.7 Å². The fraction of sp³-hybridized carbons (Fsp3) is 0.500. The Bertz CT molecular complexity index is 1080. The maximum atomic E-state index is 12.1. The smallest absolute Gasteiger partial charge is 0.252 e. The summed E-state index contributed by atoms with van der Waals surface area (Å²) in [5.41, 5.74) is 7.72. The van der Waals surface area contributed by atoms with Crippen molar-refractivity contribution in [2.24, 2.45) is 11.7 Å².